The fraction of sp³-hybridized carbons (Fsp3) is 0.321. The van der Waals surface area contributed by atoms with Gasteiger partial charge < -0.3 is 20.1 Å². The summed E-state index contributed by atoms with van der Waals surface area (Å²) in [5.74, 6) is 1.73. The molecule has 1 unspecified atom stereocenters. The number of fused-ring (bicyclic) bond motifs is 1. The highest BCUT2D eigenvalue weighted by atomic mass is 35.5. The fourth-order valence-corrected chi connectivity index (χ4v) is 5.02. The van der Waals surface area contributed by atoms with Crippen LogP contribution in [0.4, 0.5) is 5.82 Å². The zero-order valence-electron chi connectivity index (χ0n) is 21.5. The number of hydrogen-bond donors (Lipinski definition) is 1. The number of anilines is 1. The third-order valence-corrected chi connectivity index (χ3v) is 7.07. The second kappa shape index (κ2) is 10.4. The van der Waals surface area contributed by atoms with E-state index in [-0.39, 0.29) is 17.7 Å². The average Bonchev–Trinajstić information content (AvgIpc) is 3.34. The number of nitrogen functional groups attached to an aromatic ring is 1. The Morgan fingerprint density at radius 3 is 2.81 bits per heavy atom. The first-order valence-electron chi connectivity index (χ1n) is 12.4. The lowest BCUT2D eigenvalue weighted by Gasteiger charge is -2.27. The van der Waals surface area contributed by atoms with Gasteiger partial charge in [-0.05, 0) is 86.8 Å². The van der Waals surface area contributed by atoms with Crippen molar-refractivity contribution in [2.75, 3.05) is 25.9 Å². The molecule has 0 saturated carbocycles. The van der Waals surface area contributed by atoms with Gasteiger partial charge in [-0.2, -0.15) is 5.10 Å². The van der Waals surface area contributed by atoms with Gasteiger partial charge in [-0.25, -0.2) is 9.97 Å². The van der Waals surface area contributed by atoms with Crippen molar-refractivity contribution in [1.82, 2.24) is 24.6 Å². The SMILES string of the molecule is CCOc1ccc(Cl)c(C(C)n2cc(Oc3nc(-c4cc(C)c5c(c4)CN(C)CC5)cnc3N)cn2)c1. The molecule has 4 aromatic rings. The molecule has 0 bridgehead atoms. The third-order valence-electron chi connectivity index (χ3n) is 6.73. The highest BCUT2D eigenvalue weighted by Gasteiger charge is 2.19. The summed E-state index contributed by atoms with van der Waals surface area (Å²) in [6, 6.07) is 9.84. The van der Waals surface area contributed by atoms with Crippen molar-refractivity contribution in [3.8, 4) is 28.6 Å². The van der Waals surface area contributed by atoms with Crippen LogP contribution in [-0.2, 0) is 13.0 Å². The molecular weight excluding hydrogens is 488 g/mol. The second-order valence-corrected chi connectivity index (χ2v) is 9.82. The van der Waals surface area contributed by atoms with Crippen molar-refractivity contribution < 1.29 is 9.47 Å². The molecule has 2 aromatic heterocycles. The zero-order chi connectivity index (χ0) is 26.1. The molecule has 1 aliphatic heterocycles. The maximum atomic E-state index is 6.47. The molecule has 9 heteroatoms. The largest absolute Gasteiger partial charge is 0.494 e. The normalized spacial score (nSPS) is 14.3. The van der Waals surface area contributed by atoms with Gasteiger partial charge in [-0.3, -0.25) is 4.68 Å². The molecule has 0 saturated heterocycles. The Kier molecular flexibility index (Phi) is 7.04. The first kappa shape index (κ1) is 25.0. The van der Waals surface area contributed by atoms with Crippen LogP contribution in [0.1, 0.15) is 42.1 Å². The quantitative estimate of drug-likeness (QED) is 0.337. The molecular formula is C28H31ClN6O2. The van der Waals surface area contributed by atoms with Crippen molar-refractivity contribution in [2.45, 2.75) is 39.8 Å². The van der Waals surface area contributed by atoms with E-state index in [1.807, 2.05) is 32.0 Å². The summed E-state index contributed by atoms with van der Waals surface area (Å²) >= 11 is 6.47. The van der Waals surface area contributed by atoms with Gasteiger partial charge in [0.25, 0.3) is 5.88 Å². The zero-order valence-corrected chi connectivity index (χ0v) is 22.3. The van der Waals surface area contributed by atoms with Crippen LogP contribution in [0.5, 0.6) is 17.4 Å². The molecule has 0 spiro atoms. The molecule has 5 rings (SSSR count). The predicted octanol–water partition coefficient (Wildman–Crippen LogP) is 5.67. The van der Waals surface area contributed by atoms with E-state index in [2.05, 4.69) is 41.1 Å². The number of benzene rings is 2. The highest BCUT2D eigenvalue weighted by Crippen LogP contribution is 2.33. The van der Waals surface area contributed by atoms with Gasteiger partial charge in [0.2, 0.25) is 0 Å². The first-order valence-corrected chi connectivity index (χ1v) is 12.8. The van der Waals surface area contributed by atoms with E-state index in [4.69, 9.17) is 31.8 Å². The van der Waals surface area contributed by atoms with Crippen LogP contribution in [0.25, 0.3) is 11.3 Å². The summed E-state index contributed by atoms with van der Waals surface area (Å²) in [5.41, 5.74) is 12.8. The Bertz CT molecular complexity index is 1440. The topological polar surface area (TPSA) is 91.3 Å². The number of aromatic nitrogens is 4. The summed E-state index contributed by atoms with van der Waals surface area (Å²) in [7, 11) is 2.14. The number of likely N-dealkylation sites (N-methyl/N-ethyl adjacent to an activating group) is 1. The summed E-state index contributed by atoms with van der Waals surface area (Å²) in [4.78, 5) is 11.4. The van der Waals surface area contributed by atoms with Crippen molar-refractivity contribution in [3.05, 3.63) is 76.2 Å². The lowest BCUT2D eigenvalue weighted by molar-refractivity contribution is 0.312. The van der Waals surface area contributed by atoms with Gasteiger partial charge in [0, 0.05) is 23.7 Å². The summed E-state index contributed by atoms with van der Waals surface area (Å²) in [5, 5.41) is 5.12. The molecule has 192 valence electrons. The number of ether oxygens (including phenoxy) is 2. The van der Waals surface area contributed by atoms with E-state index < -0.39 is 0 Å². The molecule has 2 aromatic carbocycles. The molecule has 2 N–H and O–H groups in total. The molecule has 37 heavy (non-hydrogen) atoms. The molecule has 8 nitrogen and oxygen atoms in total. The number of rotatable bonds is 7. The Balaban J connectivity index is 1.39. The van der Waals surface area contributed by atoms with Gasteiger partial charge in [0.1, 0.15) is 5.75 Å². The minimum atomic E-state index is -0.142. The van der Waals surface area contributed by atoms with Gasteiger partial charge >= 0.3 is 0 Å². The van der Waals surface area contributed by atoms with Gasteiger partial charge in [-0.1, -0.05) is 11.6 Å². The lowest BCUT2D eigenvalue weighted by Crippen LogP contribution is -2.27. The molecule has 0 radical (unpaired) electrons. The number of hydrogen-bond acceptors (Lipinski definition) is 7. The summed E-state index contributed by atoms with van der Waals surface area (Å²) in [6.07, 6.45) is 6.17. The Morgan fingerprint density at radius 2 is 2.00 bits per heavy atom. The average molecular weight is 519 g/mol. The van der Waals surface area contributed by atoms with Crippen LogP contribution >= 0.6 is 11.6 Å². The second-order valence-electron chi connectivity index (χ2n) is 9.41. The molecule has 1 atom stereocenters. The van der Waals surface area contributed by atoms with Gasteiger partial charge in [0.05, 0.1) is 36.9 Å². The maximum Gasteiger partial charge on any atom is 0.263 e. The number of nitrogens with two attached hydrogens (primary N) is 1. The Labute approximate surface area is 222 Å². The van der Waals surface area contributed by atoms with Crippen LogP contribution in [-0.4, -0.2) is 44.8 Å². The van der Waals surface area contributed by atoms with E-state index in [0.29, 0.717) is 23.1 Å². The van der Waals surface area contributed by atoms with Crippen molar-refractivity contribution in [1.29, 1.82) is 0 Å². The summed E-state index contributed by atoms with van der Waals surface area (Å²) < 4.78 is 13.5. The molecule has 3 heterocycles. The third kappa shape index (κ3) is 5.26. The minimum Gasteiger partial charge on any atom is -0.494 e. The van der Waals surface area contributed by atoms with Crippen LogP contribution in [0, 0.1) is 6.92 Å². The highest BCUT2D eigenvalue weighted by molar-refractivity contribution is 6.31. The minimum absolute atomic E-state index is 0.142. The van der Waals surface area contributed by atoms with Crippen molar-refractivity contribution in [3.63, 3.8) is 0 Å². The van der Waals surface area contributed by atoms with Crippen LogP contribution < -0.4 is 15.2 Å². The van der Waals surface area contributed by atoms with E-state index >= 15 is 0 Å². The van der Waals surface area contributed by atoms with E-state index in [1.54, 1.807) is 23.3 Å². The smallest absolute Gasteiger partial charge is 0.263 e. The maximum absolute atomic E-state index is 6.47. The van der Waals surface area contributed by atoms with Gasteiger partial charge in [0.15, 0.2) is 11.6 Å². The van der Waals surface area contributed by atoms with E-state index in [0.717, 1.165) is 36.4 Å². The van der Waals surface area contributed by atoms with Crippen molar-refractivity contribution >= 4 is 17.4 Å². The monoisotopic (exact) mass is 518 g/mol. The fourth-order valence-electron chi connectivity index (χ4n) is 4.74. The molecule has 1 aliphatic rings. The Morgan fingerprint density at radius 1 is 1.16 bits per heavy atom. The van der Waals surface area contributed by atoms with Crippen LogP contribution in [0.3, 0.4) is 0 Å². The number of aryl methyl sites for hydroxylation is 1. The lowest BCUT2D eigenvalue weighted by atomic mass is 9.92. The Hall–Kier alpha value is -3.62. The van der Waals surface area contributed by atoms with Crippen LogP contribution in [0.15, 0.2) is 48.9 Å². The number of halogens is 1. The predicted molar refractivity (Wildman–Crippen MR) is 145 cm³/mol. The van der Waals surface area contributed by atoms with Crippen LogP contribution in [0.2, 0.25) is 5.02 Å². The van der Waals surface area contributed by atoms with E-state index in [1.165, 1.54) is 16.7 Å². The van der Waals surface area contributed by atoms with E-state index in [9.17, 15) is 0 Å². The number of nitrogens with zero attached hydrogens (tertiary/aromatic N) is 5. The first-order chi connectivity index (χ1) is 17.8. The van der Waals surface area contributed by atoms with Crippen molar-refractivity contribution in [2.24, 2.45) is 0 Å². The molecule has 0 aliphatic carbocycles. The standard InChI is InChI=1S/C28H31ClN6O2/c1-5-36-21-6-7-25(29)24(12-21)18(3)35-16-22(13-32-35)37-28-27(30)31-14-26(33-28)19-10-17(2)23-8-9-34(4)15-20(23)11-19/h6-7,10-14,16,18H,5,8-9,15H2,1-4H3,(H2,30,31). The summed E-state index contributed by atoms with van der Waals surface area (Å²) in [6.45, 7) is 8.69. The molecule has 0 fully saturated rings. The van der Waals surface area contributed by atoms with Gasteiger partial charge in [-0.15, -0.1) is 0 Å². The molecule has 0 amide bonds.